The Balaban J connectivity index is 2.86. The summed E-state index contributed by atoms with van der Waals surface area (Å²) in [6.45, 7) is 1.73. The molecule has 1 amide bonds. The van der Waals surface area contributed by atoms with Crippen LogP contribution >= 0.6 is 11.6 Å². The van der Waals surface area contributed by atoms with Gasteiger partial charge >= 0.3 is 5.97 Å². The Kier molecular flexibility index (Phi) is 7.33. The fourth-order valence-electron chi connectivity index (χ4n) is 1.95. The van der Waals surface area contributed by atoms with Crippen LogP contribution in [0.2, 0.25) is 5.02 Å². The minimum absolute atomic E-state index is 0.136. The van der Waals surface area contributed by atoms with E-state index >= 15 is 0 Å². The first-order valence-electron chi connectivity index (χ1n) is 7.10. The predicted molar refractivity (Wildman–Crippen MR) is 87.3 cm³/mol. The fourth-order valence-corrected chi connectivity index (χ4v) is 2.24. The maximum atomic E-state index is 12.2. The van der Waals surface area contributed by atoms with Crippen molar-refractivity contribution in [3.8, 4) is 17.6 Å². The third kappa shape index (κ3) is 4.77. The highest BCUT2D eigenvalue weighted by Crippen LogP contribution is 2.36. The van der Waals surface area contributed by atoms with E-state index in [1.807, 2.05) is 6.07 Å². The van der Waals surface area contributed by atoms with E-state index in [9.17, 15) is 9.59 Å². The topological polar surface area (TPSA) is 88.9 Å². The average molecular weight is 355 g/mol. The number of nitriles is 1. The lowest BCUT2D eigenvalue weighted by atomic mass is 10.2. The van der Waals surface area contributed by atoms with Gasteiger partial charge in [0.15, 0.2) is 17.6 Å². The van der Waals surface area contributed by atoms with E-state index < -0.39 is 18.0 Å². The second-order valence-corrected chi connectivity index (χ2v) is 5.32. The highest BCUT2D eigenvalue weighted by atomic mass is 35.5. The highest BCUT2D eigenvalue weighted by molar-refractivity contribution is 6.32. The molecule has 1 aromatic carbocycles. The second kappa shape index (κ2) is 8.99. The molecule has 0 saturated heterocycles. The van der Waals surface area contributed by atoms with Gasteiger partial charge in [0, 0.05) is 13.6 Å². The highest BCUT2D eigenvalue weighted by Gasteiger charge is 2.23. The summed E-state index contributed by atoms with van der Waals surface area (Å²) in [6.07, 6.45) is -0.790. The van der Waals surface area contributed by atoms with Gasteiger partial charge in [-0.15, -0.1) is 0 Å². The fraction of sp³-hybridized carbons (Fsp3) is 0.438. The second-order valence-electron chi connectivity index (χ2n) is 4.91. The third-order valence-corrected chi connectivity index (χ3v) is 3.52. The van der Waals surface area contributed by atoms with Crippen LogP contribution in [0.4, 0.5) is 0 Å². The molecule has 0 radical (unpaired) electrons. The molecule has 0 saturated carbocycles. The van der Waals surface area contributed by atoms with Gasteiger partial charge in [0.2, 0.25) is 0 Å². The van der Waals surface area contributed by atoms with Crippen LogP contribution < -0.4 is 9.47 Å². The number of benzene rings is 1. The molecule has 130 valence electrons. The van der Waals surface area contributed by atoms with Crippen molar-refractivity contribution in [1.29, 1.82) is 5.26 Å². The minimum atomic E-state index is -0.993. The standard InChI is InChI=1S/C16H19ClN2O5/c1-10(15(20)19(2)7-5-6-18)24-16(21)11-8-12(17)14(23-4)13(9-11)22-3/h8-10H,5,7H2,1-4H3/t10-/m1/s1. The Bertz CT molecular complexity index is 657. The van der Waals surface area contributed by atoms with E-state index in [1.165, 1.54) is 45.2 Å². The number of rotatable bonds is 7. The summed E-state index contributed by atoms with van der Waals surface area (Å²) in [6, 6.07) is 4.74. The first-order chi connectivity index (χ1) is 11.3. The molecule has 0 bridgehead atoms. The molecule has 1 aromatic rings. The maximum absolute atomic E-state index is 12.2. The van der Waals surface area contributed by atoms with Crippen molar-refractivity contribution in [3.05, 3.63) is 22.7 Å². The number of halogens is 1. The molecule has 0 spiro atoms. The Labute approximate surface area is 145 Å². The van der Waals surface area contributed by atoms with Crippen LogP contribution in [0, 0.1) is 11.3 Å². The van der Waals surface area contributed by atoms with Crippen LogP contribution in [0.15, 0.2) is 12.1 Å². The lowest BCUT2D eigenvalue weighted by Gasteiger charge is -2.20. The van der Waals surface area contributed by atoms with Gasteiger partial charge in [-0.3, -0.25) is 4.79 Å². The average Bonchev–Trinajstić information content (AvgIpc) is 2.57. The number of methoxy groups -OCH3 is 2. The van der Waals surface area contributed by atoms with Crippen molar-refractivity contribution in [2.24, 2.45) is 0 Å². The smallest absolute Gasteiger partial charge is 0.339 e. The number of likely N-dealkylation sites (N-methyl/N-ethyl adjacent to an activating group) is 1. The molecule has 0 aliphatic carbocycles. The molecule has 0 aliphatic rings. The zero-order valence-electron chi connectivity index (χ0n) is 14.0. The summed E-state index contributed by atoms with van der Waals surface area (Å²) in [5.41, 5.74) is 0.136. The number of hydrogen-bond acceptors (Lipinski definition) is 6. The van der Waals surface area contributed by atoms with Crippen LogP contribution in [0.25, 0.3) is 0 Å². The Morgan fingerprint density at radius 3 is 2.54 bits per heavy atom. The molecule has 0 heterocycles. The van der Waals surface area contributed by atoms with Gasteiger partial charge in [-0.05, 0) is 19.1 Å². The molecular formula is C16H19ClN2O5. The van der Waals surface area contributed by atoms with Crippen LogP contribution in [0.3, 0.4) is 0 Å². The Hall–Kier alpha value is -2.46. The number of esters is 1. The van der Waals surface area contributed by atoms with Gasteiger partial charge in [-0.2, -0.15) is 5.26 Å². The van der Waals surface area contributed by atoms with Gasteiger partial charge in [0.25, 0.3) is 5.91 Å². The van der Waals surface area contributed by atoms with E-state index in [0.717, 1.165) is 0 Å². The van der Waals surface area contributed by atoms with E-state index in [1.54, 1.807) is 0 Å². The van der Waals surface area contributed by atoms with E-state index in [-0.39, 0.29) is 29.3 Å². The van der Waals surface area contributed by atoms with Gasteiger partial charge in [0.1, 0.15) is 0 Å². The molecule has 0 aromatic heterocycles. The first-order valence-corrected chi connectivity index (χ1v) is 7.47. The third-order valence-electron chi connectivity index (χ3n) is 3.24. The van der Waals surface area contributed by atoms with Crippen LogP contribution in [-0.2, 0) is 9.53 Å². The normalized spacial score (nSPS) is 11.2. The summed E-state index contributed by atoms with van der Waals surface area (Å²) < 4.78 is 15.4. The quantitative estimate of drug-likeness (QED) is 0.698. The molecule has 24 heavy (non-hydrogen) atoms. The van der Waals surface area contributed by atoms with Gasteiger partial charge in [0.05, 0.1) is 37.3 Å². The predicted octanol–water partition coefficient (Wildman–Crippen LogP) is 2.27. The van der Waals surface area contributed by atoms with Gasteiger partial charge in [-0.25, -0.2) is 4.79 Å². The molecule has 0 unspecified atom stereocenters. The van der Waals surface area contributed by atoms with Crippen LogP contribution in [0.5, 0.6) is 11.5 Å². The van der Waals surface area contributed by atoms with E-state index in [4.69, 9.17) is 31.1 Å². The summed E-state index contributed by atoms with van der Waals surface area (Å²) in [5.74, 6) is -0.532. The Morgan fingerprint density at radius 2 is 2.00 bits per heavy atom. The zero-order valence-corrected chi connectivity index (χ0v) is 14.7. The zero-order chi connectivity index (χ0) is 18.3. The molecule has 7 nitrogen and oxygen atoms in total. The van der Waals surface area contributed by atoms with E-state index in [2.05, 4.69) is 0 Å². The number of ether oxygens (including phenoxy) is 3. The molecular weight excluding hydrogens is 336 g/mol. The molecule has 1 rings (SSSR count). The monoisotopic (exact) mass is 354 g/mol. The van der Waals surface area contributed by atoms with Gasteiger partial charge < -0.3 is 19.1 Å². The molecule has 0 aliphatic heterocycles. The van der Waals surface area contributed by atoms with Crippen molar-refractivity contribution in [2.75, 3.05) is 27.8 Å². The number of hydrogen-bond donors (Lipinski definition) is 0. The van der Waals surface area contributed by atoms with Crippen molar-refractivity contribution in [1.82, 2.24) is 4.90 Å². The summed E-state index contributed by atoms with van der Waals surface area (Å²) in [4.78, 5) is 25.6. The number of carbonyl (C=O) groups excluding carboxylic acids is 2. The molecule has 8 heteroatoms. The molecule has 0 fully saturated rings. The van der Waals surface area contributed by atoms with Gasteiger partial charge in [-0.1, -0.05) is 11.6 Å². The van der Waals surface area contributed by atoms with Crippen molar-refractivity contribution < 1.29 is 23.8 Å². The van der Waals surface area contributed by atoms with Crippen molar-refractivity contribution >= 4 is 23.5 Å². The molecule has 0 N–H and O–H groups in total. The van der Waals surface area contributed by atoms with Crippen molar-refractivity contribution in [3.63, 3.8) is 0 Å². The van der Waals surface area contributed by atoms with Crippen LogP contribution in [0.1, 0.15) is 23.7 Å². The summed E-state index contributed by atoms with van der Waals surface area (Å²) >= 11 is 6.05. The summed E-state index contributed by atoms with van der Waals surface area (Å²) in [7, 11) is 4.39. The minimum Gasteiger partial charge on any atom is -0.493 e. The first kappa shape index (κ1) is 19.6. The number of nitrogens with zero attached hydrogens (tertiary/aromatic N) is 2. The number of amides is 1. The summed E-state index contributed by atoms with van der Waals surface area (Å²) in [5, 5.41) is 8.73. The van der Waals surface area contributed by atoms with E-state index in [0.29, 0.717) is 5.75 Å². The number of carbonyl (C=O) groups is 2. The van der Waals surface area contributed by atoms with Crippen molar-refractivity contribution in [2.45, 2.75) is 19.4 Å². The SMILES string of the molecule is COc1cc(C(=O)O[C@H](C)C(=O)N(C)CCC#N)cc(Cl)c1OC. The lowest BCUT2D eigenvalue weighted by Crippen LogP contribution is -2.37. The maximum Gasteiger partial charge on any atom is 0.339 e. The Morgan fingerprint density at radius 1 is 1.33 bits per heavy atom. The molecule has 1 atom stereocenters. The van der Waals surface area contributed by atoms with Crippen LogP contribution in [-0.4, -0.2) is 50.7 Å². The largest absolute Gasteiger partial charge is 0.493 e. The lowest BCUT2D eigenvalue weighted by molar-refractivity contribution is -0.138.